The Hall–Kier alpha value is -6.27. The van der Waals surface area contributed by atoms with Crippen LogP contribution < -0.4 is 0 Å². The molecule has 0 atom stereocenters. The molecule has 45 heavy (non-hydrogen) atoms. The van der Waals surface area contributed by atoms with Gasteiger partial charge in [0.15, 0.2) is 0 Å². The van der Waals surface area contributed by atoms with Crippen LogP contribution in [0, 0.1) is 0 Å². The molecule has 6 nitrogen and oxygen atoms in total. The minimum Gasteiger partial charge on any atom is -0.308 e. The number of fused-ring (bicyclic) bond motifs is 10. The highest BCUT2D eigenvalue weighted by molar-refractivity contribution is 6.24. The predicted octanol–water partition coefficient (Wildman–Crippen LogP) is 9.16. The van der Waals surface area contributed by atoms with E-state index in [-0.39, 0.29) is 0 Å². The van der Waals surface area contributed by atoms with Crippen LogP contribution in [0.2, 0.25) is 0 Å². The van der Waals surface area contributed by atoms with Crippen LogP contribution in [0.4, 0.5) is 0 Å². The third-order valence-corrected chi connectivity index (χ3v) is 9.00. The van der Waals surface area contributed by atoms with E-state index in [1.54, 1.807) is 0 Å². The highest BCUT2D eigenvalue weighted by atomic mass is 15.1. The SMILES string of the molecule is c1ccc(-n2c3ncccc3c3ncc4c(c5ccccc5n4-c4ccc5c(c4)c4ccccc4n5-c4cccnc4)c32)cc1. The molecule has 0 spiro atoms. The molecule has 6 aromatic heterocycles. The number of para-hydroxylation sites is 3. The lowest BCUT2D eigenvalue weighted by Crippen LogP contribution is -1.97. The fourth-order valence-corrected chi connectivity index (χ4v) is 7.19. The monoisotopic (exact) mass is 576 g/mol. The average molecular weight is 577 g/mol. The molecule has 0 fully saturated rings. The molecule has 0 saturated heterocycles. The van der Waals surface area contributed by atoms with Gasteiger partial charge in [-0.3, -0.25) is 14.5 Å². The van der Waals surface area contributed by atoms with Crippen molar-refractivity contribution >= 4 is 65.7 Å². The van der Waals surface area contributed by atoms with E-state index in [9.17, 15) is 0 Å². The first-order valence-corrected chi connectivity index (χ1v) is 15.0. The zero-order valence-electron chi connectivity index (χ0n) is 24.0. The molecular weight excluding hydrogens is 552 g/mol. The van der Waals surface area contributed by atoms with E-state index >= 15 is 0 Å². The molecule has 0 N–H and O–H groups in total. The highest BCUT2D eigenvalue weighted by Crippen LogP contribution is 2.41. The minimum atomic E-state index is 0.903. The Labute approximate surface area is 257 Å². The average Bonchev–Trinajstić information content (AvgIpc) is 3.74. The Kier molecular flexibility index (Phi) is 4.90. The first-order chi connectivity index (χ1) is 22.4. The van der Waals surface area contributed by atoms with E-state index in [2.05, 4.69) is 122 Å². The van der Waals surface area contributed by atoms with Crippen molar-refractivity contribution in [2.75, 3.05) is 0 Å². The van der Waals surface area contributed by atoms with Crippen molar-refractivity contribution in [3.05, 3.63) is 146 Å². The Morgan fingerprint density at radius 1 is 0.422 bits per heavy atom. The quantitative estimate of drug-likeness (QED) is 0.211. The summed E-state index contributed by atoms with van der Waals surface area (Å²) in [5, 5.41) is 5.78. The molecule has 210 valence electrons. The number of hydrogen-bond donors (Lipinski definition) is 0. The van der Waals surface area contributed by atoms with Gasteiger partial charge < -0.3 is 9.13 Å². The van der Waals surface area contributed by atoms with Crippen LogP contribution in [0.25, 0.3) is 82.7 Å². The summed E-state index contributed by atoms with van der Waals surface area (Å²) in [6, 6.07) is 42.7. The fourth-order valence-electron chi connectivity index (χ4n) is 7.19. The Bertz CT molecular complexity index is 2750. The second-order valence-electron chi connectivity index (χ2n) is 11.4. The lowest BCUT2D eigenvalue weighted by Gasteiger charge is -2.10. The van der Waals surface area contributed by atoms with Crippen molar-refractivity contribution in [1.29, 1.82) is 0 Å². The molecule has 6 heteroatoms. The molecule has 0 amide bonds. The summed E-state index contributed by atoms with van der Waals surface area (Å²) in [5.74, 6) is 0. The molecular formula is C39H24N6. The summed E-state index contributed by atoms with van der Waals surface area (Å²) >= 11 is 0. The normalized spacial score (nSPS) is 12.0. The lowest BCUT2D eigenvalue weighted by molar-refractivity contribution is 1.13. The highest BCUT2D eigenvalue weighted by Gasteiger charge is 2.22. The number of benzene rings is 4. The third-order valence-electron chi connectivity index (χ3n) is 9.00. The summed E-state index contributed by atoms with van der Waals surface area (Å²) in [6.07, 6.45) is 7.63. The topological polar surface area (TPSA) is 53.5 Å². The fraction of sp³-hybridized carbons (Fsp3) is 0. The van der Waals surface area contributed by atoms with E-state index in [1.807, 2.05) is 43.0 Å². The van der Waals surface area contributed by atoms with Crippen molar-refractivity contribution in [2.24, 2.45) is 0 Å². The van der Waals surface area contributed by atoms with Gasteiger partial charge >= 0.3 is 0 Å². The maximum Gasteiger partial charge on any atom is 0.147 e. The largest absolute Gasteiger partial charge is 0.308 e. The molecule has 0 bridgehead atoms. The molecule has 0 aliphatic heterocycles. The smallest absolute Gasteiger partial charge is 0.147 e. The second-order valence-corrected chi connectivity index (χ2v) is 11.4. The first-order valence-electron chi connectivity index (χ1n) is 15.0. The number of rotatable bonds is 3. The van der Waals surface area contributed by atoms with Crippen LogP contribution >= 0.6 is 0 Å². The zero-order valence-corrected chi connectivity index (χ0v) is 24.0. The van der Waals surface area contributed by atoms with Crippen molar-refractivity contribution in [3.63, 3.8) is 0 Å². The van der Waals surface area contributed by atoms with Gasteiger partial charge in [0.25, 0.3) is 0 Å². The van der Waals surface area contributed by atoms with Gasteiger partial charge in [0, 0.05) is 50.7 Å². The molecule has 0 radical (unpaired) electrons. The van der Waals surface area contributed by atoms with Gasteiger partial charge in [-0.15, -0.1) is 0 Å². The molecule has 4 aromatic carbocycles. The molecule has 10 rings (SSSR count). The molecule has 10 aromatic rings. The van der Waals surface area contributed by atoms with Crippen LogP contribution in [0.5, 0.6) is 0 Å². The van der Waals surface area contributed by atoms with E-state index in [0.29, 0.717) is 0 Å². The van der Waals surface area contributed by atoms with E-state index in [0.717, 1.165) is 66.6 Å². The van der Waals surface area contributed by atoms with Gasteiger partial charge in [-0.25, -0.2) is 4.98 Å². The Morgan fingerprint density at radius 2 is 1.11 bits per heavy atom. The summed E-state index contributed by atoms with van der Waals surface area (Å²) in [5.41, 5.74) is 10.6. The van der Waals surface area contributed by atoms with Crippen LogP contribution in [0.1, 0.15) is 0 Å². The molecule has 0 unspecified atom stereocenters. The first kappa shape index (κ1) is 24.2. The van der Waals surface area contributed by atoms with E-state index in [1.165, 1.54) is 16.2 Å². The van der Waals surface area contributed by atoms with Gasteiger partial charge in [0.1, 0.15) is 5.65 Å². The number of nitrogens with zero attached hydrogens (tertiary/aromatic N) is 6. The number of aromatic nitrogens is 6. The van der Waals surface area contributed by atoms with Crippen molar-refractivity contribution < 1.29 is 0 Å². The summed E-state index contributed by atoms with van der Waals surface area (Å²) < 4.78 is 6.92. The van der Waals surface area contributed by atoms with Crippen LogP contribution in [0.15, 0.2) is 146 Å². The Morgan fingerprint density at radius 3 is 1.96 bits per heavy atom. The van der Waals surface area contributed by atoms with Crippen LogP contribution in [-0.2, 0) is 0 Å². The number of pyridine rings is 3. The zero-order chi connectivity index (χ0) is 29.5. The molecule has 0 aliphatic carbocycles. The molecule has 6 heterocycles. The number of hydrogen-bond acceptors (Lipinski definition) is 3. The lowest BCUT2D eigenvalue weighted by atomic mass is 10.1. The second kappa shape index (κ2) is 9.11. The summed E-state index contributed by atoms with van der Waals surface area (Å²) in [4.78, 5) is 14.4. The van der Waals surface area contributed by atoms with Crippen molar-refractivity contribution in [2.45, 2.75) is 0 Å². The Balaban J connectivity index is 1.34. The van der Waals surface area contributed by atoms with Crippen LogP contribution in [0.3, 0.4) is 0 Å². The molecule has 0 saturated carbocycles. The minimum absolute atomic E-state index is 0.903. The maximum atomic E-state index is 5.13. The predicted molar refractivity (Wildman–Crippen MR) is 183 cm³/mol. The van der Waals surface area contributed by atoms with Crippen molar-refractivity contribution in [3.8, 4) is 17.1 Å². The van der Waals surface area contributed by atoms with Crippen LogP contribution in [-0.4, -0.2) is 28.7 Å². The van der Waals surface area contributed by atoms with Gasteiger partial charge in [0.2, 0.25) is 0 Å². The maximum absolute atomic E-state index is 5.13. The third kappa shape index (κ3) is 3.30. The van der Waals surface area contributed by atoms with Crippen molar-refractivity contribution in [1.82, 2.24) is 28.7 Å². The molecule has 0 aliphatic rings. The summed E-state index contributed by atoms with van der Waals surface area (Å²) in [6.45, 7) is 0. The van der Waals surface area contributed by atoms with Gasteiger partial charge in [0.05, 0.1) is 51.2 Å². The van der Waals surface area contributed by atoms with E-state index < -0.39 is 0 Å². The van der Waals surface area contributed by atoms with Gasteiger partial charge in [-0.05, 0) is 66.7 Å². The standard InChI is InChI=1S/C39H24N6/c1-2-10-25(11-3-1)45-38-36-29-14-5-7-17-33(29)43(35(36)24-42-37(38)30-15-9-21-41-39(30)45)26-18-19-34-31(22-26)28-13-4-6-16-32(28)44(34)27-12-8-20-40-23-27/h1-24H. The van der Waals surface area contributed by atoms with Gasteiger partial charge in [-0.1, -0.05) is 54.6 Å². The summed E-state index contributed by atoms with van der Waals surface area (Å²) in [7, 11) is 0. The van der Waals surface area contributed by atoms with E-state index in [4.69, 9.17) is 9.97 Å². The van der Waals surface area contributed by atoms with Gasteiger partial charge in [-0.2, -0.15) is 0 Å².